The van der Waals surface area contributed by atoms with E-state index in [1.165, 1.54) is 23.4 Å². The molecule has 1 heterocycles. The first-order valence-electron chi connectivity index (χ1n) is 8.61. The van der Waals surface area contributed by atoms with E-state index in [9.17, 15) is 4.79 Å². The highest BCUT2D eigenvalue weighted by Crippen LogP contribution is 2.20. The predicted molar refractivity (Wildman–Crippen MR) is 102 cm³/mol. The number of thioether (sulfide) groups is 1. The minimum absolute atomic E-state index is 0.0185. The van der Waals surface area contributed by atoms with Gasteiger partial charge in [0, 0.05) is 35.8 Å². The molecule has 1 saturated heterocycles. The first-order valence-corrected chi connectivity index (χ1v) is 9.60. The van der Waals surface area contributed by atoms with Gasteiger partial charge in [-0.15, -0.1) is 11.8 Å². The van der Waals surface area contributed by atoms with E-state index in [1.807, 2.05) is 23.9 Å². The van der Waals surface area contributed by atoms with Crippen molar-refractivity contribution in [2.24, 2.45) is 0 Å². The lowest BCUT2D eigenvalue weighted by Gasteiger charge is -2.17. The number of amides is 1. The molecule has 0 saturated carbocycles. The quantitative estimate of drug-likeness (QED) is 0.795. The first kappa shape index (κ1) is 16.9. The van der Waals surface area contributed by atoms with Crippen LogP contribution >= 0.6 is 11.8 Å². The summed E-state index contributed by atoms with van der Waals surface area (Å²) in [6.07, 6.45) is 2.52. The number of carbonyl (C=O) groups excluding carboxylic acids is 1. The standard InChI is InChI=1S/C20H24N2OS/c1-2-24-19-11-5-16(6-12-19)15-21-20(23)17-7-9-18(10-8-17)22-13-3-4-14-22/h5-12H,2-4,13-15H2,1H3,(H,21,23). The van der Waals surface area contributed by atoms with Gasteiger partial charge in [-0.25, -0.2) is 0 Å². The summed E-state index contributed by atoms with van der Waals surface area (Å²) in [7, 11) is 0. The molecule has 0 radical (unpaired) electrons. The number of hydrogen-bond acceptors (Lipinski definition) is 3. The molecule has 0 spiro atoms. The largest absolute Gasteiger partial charge is 0.372 e. The van der Waals surface area contributed by atoms with Gasteiger partial charge in [0.25, 0.3) is 5.91 Å². The van der Waals surface area contributed by atoms with E-state index >= 15 is 0 Å². The van der Waals surface area contributed by atoms with Gasteiger partial charge in [-0.2, -0.15) is 0 Å². The van der Waals surface area contributed by atoms with Crippen LogP contribution in [0.1, 0.15) is 35.7 Å². The third-order valence-corrected chi connectivity index (χ3v) is 5.18. The van der Waals surface area contributed by atoms with E-state index < -0.39 is 0 Å². The Morgan fingerprint density at radius 1 is 1.04 bits per heavy atom. The fraction of sp³-hybridized carbons (Fsp3) is 0.350. The SMILES string of the molecule is CCSc1ccc(CNC(=O)c2ccc(N3CCCC3)cc2)cc1. The fourth-order valence-corrected chi connectivity index (χ4v) is 3.62. The van der Waals surface area contributed by atoms with Crippen molar-refractivity contribution < 1.29 is 4.79 Å². The van der Waals surface area contributed by atoms with Crippen LogP contribution in [0.15, 0.2) is 53.4 Å². The van der Waals surface area contributed by atoms with Gasteiger partial charge >= 0.3 is 0 Å². The highest BCUT2D eigenvalue weighted by Gasteiger charge is 2.13. The lowest BCUT2D eigenvalue weighted by Crippen LogP contribution is -2.23. The fourth-order valence-electron chi connectivity index (χ4n) is 2.95. The third kappa shape index (κ3) is 4.32. The van der Waals surface area contributed by atoms with Crippen LogP contribution in [0.5, 0.6) is 0 Å². The van der Waals surface area contributed by atoms with Gasteiger partial charge in [-0.3, -0.25) is 4.79 Å². The van der Waals surface area contributed by atoms with Crippen molar-refractivity contribution in [1.82, 2.24) is 5.32 Å². The van der Waals surface area contributed by atoms with Gasteiger partial charge < -0.3 is 10.2 Å². The molecule has 0 aromatic heterocycles. The van der Waals surface area contributed by atoms with E-state index in [2.05, 4.69) is 53.5 Å². The van der Waals surface area contributed by atoms with Crippen LogP contribution in [0.25, 0.3) is 0 Å². The van der Waals surface area contributed by atoms with Crippen LogP contribution in [-0.2, 0) is 6.54 Å². The zero-order valence-corrected chi connectivity index (χ0v) is 14.9. The Labute approximate surface area is 148 Å². The monoisotopic (exact) mass is 340 g/mol. The Morgan fingerprint density at radius 2 is 1.71 bits per heavy atom. The topological polar surface area (TPSA) is 32.3 Å². The van der Waals surface area contributed by atoms with Crippen molar-refractivity contribution >= 4 is 23.4 Å². The number of rotatable bonds is 6. The normalized spacial score (nSPS) is 14.0. The van der Waals surface area contributed by atoms with Gasteiger partial charge in [-0.1, -0.05) is 19.1 Å². The van der Waals surface area contributed by atoms with Gasteiger partial charge in [0.1, 0.15) is 0 Å². The second-order valence-electron chi connectivity index (χ2n) is 6.00. The van der Waals surface area contributed by atoms with Crippen LogP contribution in [0.4, 0.5) is 5.69 Å². The van der Waals surface area contributed by atoms with E-state index in [0.29, 0.717) is 6.54 Å². The van der Waals surface area contributed by atoms with Crippen molar-refractivity contribution in [3.63, 3.8) is 0 Å². The van der Waals surface area contributed by atoms with Crippen LogP contribution in [0, 0.1) is 0 Å². The molecule has 1 aliphatic heterocycles. The Hall–Kier alpha value is -1.94. The number of anilines is 1. The molecule has 24 heavy (non-hydrogen) atoms. The minimum Gasteiger partial charge on any atom is -0.372 e. The van der Waals surface area contributed by atoms with Crippen molar-refractivity contribution in [3.8, 4) is 0 Å². The molecule has 0 atom stereocenters. The van der Waals surface area contributed by atoms with Gasteiger partial charge in [-0.05, 0) is 60.6 Å². The minimum atomic E-state index is -0.0185. The molecule has 1 aliphatic rings. The highest BCUT2D eigenvalue weighted by atomic mass is 32.2. The number of benzene rings is 2. The summed E-state index contributed by atoms with van der Waals surface area (Å²) in [5, 5.41) is 3.00. The summed E-state index contributed by atoms with van der Waals surface area (Å²) < 4.78 is 0. The number of nitrogens with one attached hydrogen (secondary N) is 1. The molecule has 1 fully saturated rings. The van der Waals surface area contributed by atoms with E-state index in [0.717, 1.165) is 30.0 Å². The second-order valence-corrected chi connectivity index (χ2v) is 7.34. The number of carbonyl (C=O) groups is 1. The van der Waals surface area contributed by atoms with Crippen LogP contribution in [0.2, 0.25) is 0 Å². The summed E-state index contributed by atoms with van der Waals surface area (Å²) >= 11 is 1.83. The number of nitrogens with zero attached hydrogens (tertiary/aromatic N) is 1. The molecule has 0 aliphatic carbocycles. The second kappa shape index (κ2) is 8.25. The van der Waals surface area contributed by atoms with E-state index in [1.54, 1.807) is 0 Å². The molecule has 2 aromatic rings. The Balaban J connectivity index is 1.54. The molecule has 1 amide bonds. The smallest absolute Gasteiger partial charge is 0.251 e. The summed E-state index contributed by atoms with van der Waals surface area (Å²) in [6.45, 7) is 4.95. The molecular weight excluding hydrogens is 316 g/mol. The Morgan fingerprint density at radius 3 is 2.33 bits per heavy atom. The lowest BCUT2D eigenvalue weighted by molar-refractivity contribution is 0.0951. The zero-order chi connectivity index (χ0) is 16.8. The summed E-state index contributed by atoms with van der Waals surface area (Å²) in [6, 6.07) is 16.3. The van der Waals surface area contributed by atoms with Gasteiger partial charge in [0.2, 0.25) is 0 Å². The Kier molecular flexibility index (Phi) is 5.81. The van der Waals surface area contributed by atoms with Crippen molar-refractivity contribution in [3.05, 3.63) is 59.7 Å². The van der Waals surface area contributed by atoms with E-state index in [-0.39, 0.29) is 5.91 Å². The molecule has 2 aromatic carbocycles. The maximum Gasteiger partial charge on any atom is 0.251 e. The highest BCUT2D eigenvalue weighted by molar-refractivity contribution is 7.99. The van der Waals surface area contributed by atoms with Crippen LogP contribution < -0.4 is 10.2 Å². The molecule has 126 valence electrons. The number of hydrogen-bond donors (Lipinski definition) is 1. The van der Waals surface area contributed by atoms with Crippen molar-refractivity contribution in [2.45, 2.75) is 31.2 Å². The molecule has 4 heteroatoms. The summed E-state index contributed by atoms with van der Waals surface area (Å²) in [5.41, 5.74) is 3.06. The molecule has 0 unspecified atom stereocenters. The molecule has 1 N–H and O–H groups in total. The molecule has 3 rings (SSSR count). The summed E-state index contributed by atoms with van der Waals surface area (Å²) in [5.74, 6) is 1.05. The molecular formula is C20H24N2OS. The maximum absolute atomic E-state index is 12.3. The zero-order valence-electron chi connectivity index (χ0n) is 14.1. The van der Waals surface area contributed by atoms with Crippen LogP contribution in [-0.4, -0.2) is 24.7 Å². The molecule has 3 nitrogen and oxygen atoms in total. The van der Waals surface area contributed by atoms with Crippen molar-refractivity contribution in [2.75, 3.05) is 23.7 Å². The maximum atomic E-state index is 12.3. The van der Waals surface area contributed by atoms with Crippen molar-refractivity contribution in [1.29, 1.82) is 0 Å². The summed E-state index contributed by atoms with van der Waals surface area (Å²) in [4.78, 5) is 15.9. The van der Waals surface area contributed by atoms with Crippen LogP contribution in [0.3, 0.4) is 0 Å². The predicted octanol–water partition coefficient (Wildman–Crippen LogP) is 4.33. The van der Waals surface area contributed by atoms with Gasteiger partial charge in [0.15, 0.2) is 0 Å². The van der Waals surface area contributed by atoms with E-state index in [4.69, 9.17) is 0 Å². The average molecular weight is 340 g/mol. The lowest BCUT2D eigenvalue weighted by atomic mass is 10.1. The molecule has 0 bridgehead atoms. The Bertz CT molecular complexity index is 661. The third-order valence-electron chi connectivity index (χ3n) is 4.29. The van der Waals surface area contributed by atoms with Gasteiger partial charge in [0.05, 0.1) is 0 Å². The average Bonchev–Trinajstić information content (AvgIpc) is 3.16. The first-order chi connectivity index (χ1) is 11.8.